The van der Waals surface area contributed by atoms with E-state index in [-0.39, 0.29) is 11.8 Å². The third kappa shape index (κ3) is 3.79. The number of rotatable bonds is 7. The van der Waals surface area contributed by atoms with Crippen LogP contribution >= 0.6 is 0 Å². The summed E-state index contributed by atoms with van der Waals surface area (Å²) in [4.78, 5) is 28.8. The molecule has 0 spiro atoms. The molecule has 0 N–H and O–H groups in total. The number of nitrogens with zero attached hydrogens (tertiary/aromatic N) is 2. The molecule has 0 saturated carbocycles. The third-order valence-corrected chi connectivity index (χ3v) is 4.64. The number of amides is 2. The second-order valence-corrected chi connectivity index (χ2v) is 7.20. The fourth-order valence-corrected chi connectivity index (χ4v) is 3.20. The summed E-state index contributed by atoms with van der Waals surface area (Å²) in [5.74, 6) is 0.608. The van der Waals surface area contributed by atoms with E-state index >= 15 is 0 Å². The van der Waals surface area contributed by atoms with Crippen molar-refractivity contribution in [2.45, 2.75) is 20.8 Å². The lowest BCUT2D eigenvalue weighted by Crippen LogP contribution is -2.32. The van der Waals surface area contributed by atoms with Gasteiger partial charge in [0, 0.05) is 19.3 Å². The molecule has 5 heteroatoms. The average molecular weight is 378 g/mol. The first-order valence-electron chi connectivity index (χ1n) is 9.56. The largest absolute Gasteiger partial charge is 0.493 e. The number of benzene rings is 2. The normalized spacial score (nSPS) is 14.2. The predicted octanol–water partition coefficient (Wildman–Crippen LogP) is 3.96. The molecule has 5 nitrogen and oxygen atoms in total. The van der Waals surface area contributed by atoms with Crippen LogP contribution < -0.4 is 9.64 Å². The highest BCUT2D eigenvalue weighted by Gasteiger charge is 2.39. The summed E-state index contributed by atoms with van der Waals surface area (Å²) >= 11 is 0. The van der Waals surface area contributed by atoms with Crippen molar-refractivity contribution in [1.29, 1.82) is 0 Å². The van der Waals surface area contributed by atoms with Crippen molar-refractivity contribution >= 4 is 23.1 Å². The molecule has 0 aliphatic carbocycles. The summed E-state index contributed by atoms with van der Waals surface area (Å²) in [6, 6.07) is 17.0. The minimum absolute atomic E-state index is 0.286. The van der Waals surface area contributed by atoms with E-state index in [0.29, 0.717) is 35.9 Å². The fraction of sp³-hybridized carbons (Fsp3) is 0.304. The van der Waals surface area contributed by atoms with Crippen LogP contribution in [-0.4, -0.2) is 36.9 Å². The van der Waals surface area contributed by atoms with Crippen LogP contribution in [0.2, 0.25) is 0 Å². The molecule has 2 amide bonds. The van der Waals surface area contributed by atoms with Crippen molar-refractivity contribution < 1.29 is 14.3 Å². The van der Waals surface area contributed by atoms with Crippen molar-refractivity contribution in [3.05, 3.63) is 65.9 Å². The first kappa shape index (κ1) is 19.7. The van der Waals surface area contributed by atoms with Gasteiger partial charge in [-0.05, 0) is 42.7 Å². The smallest absolute Gasteiger partial charge is 0.277 e. The van der Waals surface area contributed by atoms with Gasteiger partial charge in [0.1, 0.15) is 11.4 Å². The highest BCUT2D eigenvalue weighted by atomic mass is 16.5. The van der Waals surface area contributed by atoms with E-state index in [2.05, 4.69) is 13.8 Å². The zero-order chi connectivity index (χ0) is 20.3. The van der Waals surface area contributed by atoms with Gasteiger partial charge in [-0.2, -0.15) is 0 Å². The molecular formula is C23H26N2O3. The number of likely N-dealkylation sites (N-methyl/N-ethyl adjacent to an activating group) is 2. The summed E-state index contributed by atoms with van der Waals surface area (Å²) in [6.07, 6.45) is 0. The van der Waals surface area contributed by atoms with E-state index in [1.807, 2.05) is 66.4 Å². The minimum Gasteiger partial charge on any atom is -0.493 e. The molecule has 28 heavy (non-hydrogen) atoms. The number of carbonyl (C=O) groups is 2. The van der Waals surface area contributed by atoms with Gasteiger partial charge in [-0.3, -0.25) is 14.5 Å². The Morgan fingerprint density at radius 3 is 2.18 bits per heavy atom. The second-order valence-electron chi connectivity index (χ2n) is 7.20. The van der Waals surface area contributed by atoms with Gasteiger partial charge in [-0.1, -0.05) is 44.2 Å². The molecule has 146 valence electrons. The molecule has 2 aromatic rings. The lowest BCUT2D eigenvalue weighted by Gasteiger charge is -2.24. The maximum Gasteiger partial charge on any atom is 0.277 e. The molecule has 2 aromatic carbocycles. The molecule has 1 heterocycles. The standard InChI is InChI=1S/C23H26N2O3/c1-5-25(18-9-7-6-8-10-18)21-20(22(26)24(4)23(21)27)17-11-13-19(14-12-17)28-15-16(2)3/h6-14,16H,5,15H2,1-4H3. The monoisotopic (exact) mass is 378 g/mol. The quantitative estimate of drug-likeness (QED) is 0.685. The number of anilines is 1. The number of hydrogen-bond donors (Lipinski definition) is 0. The minimum atomic E-state index is -0.287. The summed E-state index contributed by atoms with van der Waals surface area (Å²) in [7, 11) is 1.52. The summed E-state index contributed by atoms with van der Waals surface area (Å²) < 4.78 is 5.73. The molecule has 0 saturated heterocycles. The van der Waals surface area contributed by atoms with Crippen LogP contribution in [0.3, 0.4) is 0 Å². The molecule has 3 rings (SSSR count). The lowest BCUT2D eigenvalue weighted by atomic mass is 10.0. The highest BCUT2D eigenvalue weighted by Crippen LogP contribution is 2.34. The van der Waals surface area contributed by atoms with Crippen molar-refractivity contribution in [2.75, 3.05) is 25.1 Å². The van der Waals surface area contributed by atoms with Gasteiger partial charge in [0.05, 0.1) is 12.2 Å². The SMILES string of the molecule is CCN(C1=C(c2ccc(OCC(C)C)cc2)C(=O)N(C)C1=O)c1ccccc1. The first-order chi connectivity index (χ1) is 13.4. The zero-order valence-corrected chi connectivity index (χ0v) is 16.8. The van der Waals surface area contributed by atoms with Crippen molar-refractivity contribution in [3.8, 4) is 5.75 Å². The second kappa shape index (κ2) is 8.30. The van der Waals surface area contributed by atoms with E-state index in [1.165, 1.54) is 11.9 Å². The Kier molecular flexibility index (Phi) is 5.83. The molecule has 0 bridgehead atoms. The predicted molar refractivity (Wildman–Crippen MR) is 111 cm³/mol. The van der Waals surface area contributed by atoms with Gasteiger partial charge in [-0.25, -0.2) is 0 Å². The van der Waals surface area contributed by atoms with Crippen molar-refractivity contribution in [2.24, 2.45) is 5.92 Å². The molecule has 0 atom stereocenters. The molecule has 1 aliphatic rings. The summed E-state index contributed by atoms with van der Waals surface area (Å²) in [5, 5.41) is 0. The Hall–Kier alpha value is -3.08. The molecule has 0 unspecified atom stereocenters. The molecule has 1 aliphatic heterocycles. The van der Waals surface area contributed by atoms with Gasteiger partial charge in [0.25, 0.3) is 11.8 Å². The molecule has 0 fully saturated rings. The van der Waals surface area contributed by atoms with E-state index in [9.17, 15) is 9.59 Å². The Morgan fingerprint density at radius 1 is 0.964 bits per heavy atom. The fourth-order valence-electron chi connectivity index (χ4n) is 3.20. The van der Waals surface area contributed by atoms with Crippen LogP contribution in [0.4, 0.5) is 5.69 Å². The molecule has 0 aromatic heterocycles. The topological polar surface area (TPSA) is 49.9 Å². The number of hydrogen-bond acceptors (Lipinski definition) is 4. The van der Waals surface area contributed by atoms with E-state index < -0.39 is 0 Å². The Morgan fingerprint density at radius 2 is 1.61 bits per heavy atom. The Balaban J connectivity index is 2.03. The summed E-state index contributed by atoms with van der Waals surface area (Å²) in [5.41, 5.74) is 2.43. The number of para-hydroxylation sites is 1. The van der Waals surface area contributed by atoms with Crippen LogP contribution in [0.5, 0.6) is 5.75 Å². The maximum atomic E-state index is 12.9. The van der Waals surface area contributed by atoms with E-state index in [0.717, 1.165) is 11.4 Å². The van der Waals surface area contributed by atoms with Crippen LogP contribution in [-0.2, 0) is 9.59 Å². The lowest BCUT2D eigenvalue weighted by molar-refractivity contribution is -0.135. The first-order valence-corrected chi connectivity index (χ1v) is 9.56. The number of carbonyl (C=O) groups excluding carboxylic acids is 2. The third-order valence-electron chi connectivity index (χ3n) is 4.64. The Labute approximate surface area is 166 Å². The Bertz CT molecular complexity index is 886. The maximum absolute atomic E-state index is 12.9. The van der Waals surface area contributed by atoms with Gasteiger partial charge in [0.2, 0.25) is 0 Å². The van der Waals surface area contributed by atoms with Gasteiger partial charge < -0.3 is 9.64 Å². The summed E-state index contributed by atoms with van der Waals surface area (Å²) in [6.45, 7) is 7.35. The number of ether oxygens (including phenoxy) is 1. The van der Waals surface area contributed by atoms with E-state index in [4.69, 9.17) is 4.74 Å². The van der Waals surface area contributed by atoms with Crippen LogP contribution in [0, 0.1) is 5.92 Å². The van der Waals surface area contributed by atoms with E-state index in [1.54, 1.807) is 0 Å². The van der Waals surface area contributed by atoms with Crippen LogP contribution in [0.15, 0.2) is 60.3 Å². The van der Waals surface area contributed by atoms with Crippen LogP contribution in [0.25, 0.3) is 5.57 Å². The highest BCUT2D eigenvalue weighted by molar-refractivity contribution is 6.36. The van der Waals surface area contributed by atoms with Crippen molar-refractivity contribution in [1.82, 2.24) is 4.90 Å². The van der Waals surface area contributed by atoms with Crippen molar-refractivity contribution in [3.63, 3.8) is 0 Å². The van der Waals surface area contributed by atoms with Gasteiger partial charge in [0.15, 0.2) is 0 Å². The number of imide groups is 1. The van der Waals surface area contributed by atoms with Crippen LogP contribution in [0.1, 0.15) is 26.3 Å². The average Bonchev–Trinajstić information content (AvgIpc) is 2.93. The zero-order valence-electron chi connectivity index (χ0n) is 16.8. The van der Waals surface area contributed by atoms with Gasteiger partial charge in [-0.15, -0.1) is 0 Å². The molecule has 0 radical (unpaired) electrons. The molecular weight excluding hydrogens is 352 g/mol. The van der Waals surface area contributed by atoms with Gasteiger partial charge >= 0.3 is 0 Å².